The average Bonchev–Trinajstić information content (AvgIpc) is 2.66. The van der Waals surface area contributed by atoms with Crippen molar-refractivity contribution in [2.75, 3.05) is 26.2 Å². The van der Waals surface area contributed by atoms with Crippen LogP contribution in [0.15, 0.2) is 24.3 Å². The van der Waals surface area contributed by atoms with Crippen molar-refractivity contribution in [3.63, 3.8) is 0 Å². The van der Waals surface area contributed by atoms with Crippen molar-refractivity contribution in [1.82, 2.24) is 15.3 Å². The molecule has 4 heteroatoms. The summed E-state index contributed by atoms with van der Waals surface area (Å²) in [7, 11) is 0. The van der Waals surface area contributed by atoms with Gasteiger partial charge >= 0.3 is 0 Å². The molecule has 1 radical (unpaired) electrons. The second-order valence-electron chi connectivity index (χ2n) is 4.24. The number of nitrogens with zero attached hydrogens (tertiary/aromatic N) is 2. The third-order valence-corrected chi connectivity index (χ3v) is 3.21. The Morgan fingerprint density at radius 3 is 2.69 bits per heavy atom. The lowest BCUT2D eigenvalue weighted by Gasteiger charge is -2.33. The molecule has 1 N–H and O–H groups in total. The van der Waals surface area contributed by atoms with Gasteiger partial charge in [-0.3, -0.25) is 4.90 Å². The van der Waals surface area contributed by atoms with Crippen LogP contribution in [0.1, 0.15) is 11.1 Å². The molecule has 16 heavy (non-hydrogen) atoms. The first kappa shape index (κ1) is 10.2. The molecule has 0 atom stereocenters. The van der Waals surface area contributed by atoms with E-state index in [0.717, 1.165) is 48.6 Å². The van der Waals surface area contributed by atoms with Crippen LogP contribution in [-0.2, 0) is 6.54 Å². The van der Waals surface area contributed by atoms with Gasteiger partial charge in [0.25, 0.3) is 0 Å². The molecule has 3 nitrogen and oxygen atoms in total. The molecule has 0 spiro atoms. The van der Waals surface area contributed by atoms with Crippen LogP contribution in [0.3, 0.4) is 0 Å². The summed E-state index contributed by atoms with van der Waals surface area (Å²) in [6.07, 6.45) is 0.747. The Bertz CT molecular complexity index is 376. The summed E-state index contributed by atoms with van der Waals surface area (Å²) in [5.41, 5.74) is 2.13. The molecular weight excluding hydrogens is 205 g/mol. The maximum absolute atomic E-state index is 13.9. The van der Waals surface area contributed by atoms with Crippen LogP contribution in [0.2, 0.25) is 0 Å². The Balaban J connectivity index is 1.89. The van der Waals surface area contributed by atoms with Gasteiger partial charge < -0.3 is 5.32 Å². The topological polar surface area (TPSA) is 18.5 Å². The van der Waals surface area contributed by atoms with Gasteiger partial charge in [0, 0.05) is 26.2 Å². The van der Waals surface area contributed by atoms with Crippen LogP contribution >= 0.6 is 0 Å². The number of hydrogen-bond donors (Lipinski definition) is 1. The van der Waals surface area contributed by atoms with Crippen molar-refractivity contribution in [3.05, 3.63) is 41.6 Å². The van der Waals surface area contributed by atoms with Gasteiger partial charge in [-0.1, -0.05) is 24.3 Å². The summed E-state index contributed by atoms with van der Waals surface area (Å²) in [4.78, 5) is 2.13. The number of fused-ring (bicyclic) bond motifs is 1. The lowest BCUT2D eigenvalue weighted by atomic mass is 10.1. The summed E-state index contributed by atoms with van der Waals surface area (Å²) in [5.74, 6) is 0. The van der Waals surface area contributed by atoms with Gasteiger partial charge in [0.1, 0.15) is 0 Å². The van der Waals surface area contributed by atoms with Crippen molar-refractivity contribution in [1.29, 1.82) is 0 Å². The Kier molecular flexibility index (Phi) is 2.63. The van der Waals surface area contributed by atoms with E-state index in [1.165, 1.54) is 0 Å². The summed E-state index contributed by atoms with van der Waals surface area (Å²) in [6, 6.07) is 7.94. The maximum atomic E-state index is 13.9. The fourth-order valence-electron chi connectivity index (χ4n) is 2.43. The number of hydrogen-bond acceptors (Lipinski definition) is 3. The highest BCUT2D eigenvalue weighted by Gasteiger charge is 2.36. The largest absolute Gasteiger partial charge is 0.314 e. The summed E-state index contributed by atoms with van der Waals surface area (Å²) in [6.45, 7) is 4.00. The van der Waals surface area contributed by atoms with Crippen LogP contribution in [0.5, 0.6) is 0 Å². The summed E-state index contributed by atoms with van der Waals surface area (Å²) in [5, 5.41) is 4.15. The fraction of sp³-hybridized carbons (Fsp3) is 0.417. The Morgan fingerprint density at radius 2 is 1.88 bits per heavy atom. The van der Waals surface area contributed by atoms with Gasteiger partial charge in [0.2, 0.25) is 0 Å². The van der Waals surface area contributed by atoms with E-state index < -0.39 is 0 Å². The first-order chi connectivity index (χ1) is 7.86. The van der Waals surface area contributed by atoms with E-state index >= 15 is 0 Å². The van der Waals surface area contributed by atoms with E-state index in [9.17, 15) is 4.48 Å². The SMILES string of the molecule is FN1Cc2ccccc2[C]1N1CCNCC1. The average molecular weight is 220 g/mol. The number of rotatable bonds is 1. The van der Waals surface area contributed by atoms with Gasteiger partial charge in [0.15, 0.2) is 6.17 Å². The second kappa shape index (κ2) is 4.13. The molecule has 0 unspecified atom stereocenters. The first-order valence-electron chi connectivity index (χ1n) is 5.70. The number of nitrogens with one attached hydrogen (secondary N) is 1. The lowest BCUT2D eigenvalue weighted by Crippen LogP contribution is -2.47. The minimum atomic E-state index is 0.384. The molecule has 1 aromatic carbocycles. The number of halogens is 1. The molecule has 0 saturated carbocycles. The highest BCUT2D eigenvalue weighted by Crippen LogP contribution is 2.35. The molecule has 0 aliphatic carbocycles. The maximum Gasteiger partial charge on any atom is 0.168 e. The monoisotopic (exact) mass is 220 g/mol. The molecule has 1 aromatic rings. The number of benzene rings is 1. The van der Waals surface area contributed by atoms with Gasteiger partial charge in [-0.25, -0.2) is 0 Å². The lowest BCUT2D eigenvalue weighted by molar-refractivity contribution is -0.00912. The molecule has 2 aliphatic rings. The quantitative estimate of drug-likeness (QED) is 0.716. The van der Waals surface area contributed by atoms with Gasteiger partial charge in [-0.05, 0) is 11.1 Å². The van der Waals surface area contributed by atoms with Crippen LogP contribution in [0.25, 0.3) is 0 Å². The van der Waals surface area contributed by atoms with Crippen molar-refractivity contribution in [3.8, 4) is 0 Å². The zero-order valence-electron chi connectivity index (χ0n) is 9.12. The van der Waals surface area contributed by atoms with Crippen molar-refractivity contribution < 1.29 is 4.48 Å². The van der Waals surface area contributed by atoms with Crippen molar-refractivity contribution >= 4 is 0 Å². The number of piperazine rings is 1. The Hall–Kier alpha value is -0.970. The predicted molar refractivity (Wildman–Crippen MR) is 59.9 cm³/mol. The van der Waals surface area contributed by atoms with Crippen molar-refractivity contribution in [2.45, 2.75) is 6.54 Å². The standard InChI is InChI=1S/C12H15FN3/c13-16-9-10-3-1-2-4-11(10)12(16)15-7-5-14-6-8-15/h1-4,14H,5-9H2. The summed E-state index contributed by atoms with van der Waals surface area (Å²) >= 11 is 0. The predicted octanol–water partition coefficient (Wildman–Crippen LogP) is 1.13. The smallest absolute Gasteiger partial charge is 0.168 e. The van der Waals surface area contributed by atoms with E-state index in [1.54, 1.807) is 0 Å². The minimum absolute atomic E-state index is 0.384. The molecule has 1 saturated heterocycles. The van der Waals surface area contributed by atoms with E-state index in [1.807, 2.05) is 24.3 Å². The molecule has 2 heterocycles. The van der Waals surface area contributed by atoms with Gasteiger partial charge in [-0.2, -0.15) is 0 Å². The third kappa shape index (κ3) is 1.63. The Morgan fingerprint density at radius 1 is 1.12 bits per heavy atom. The van der Waals surface area contributed by atoms with Crippen LogP contribution in [0, 0.1) is 6.17 Å². The summed E-state index contributed by atoms with van der Waals surface area (Å²) < 4.78 is 13.9. The zero-order valence-corrected chi connectivity index (χ0v) is 9.12. The highest BCUT2D eigenvalue weighted by molar-refractivity contribution is 5.41. The van der Waals surface area contributed by atoms with E-state index in [2.05, 4.69) is 10.2 Å². The molecule has 0 aromatic heterocycles. The van der Waals surface area contributed by atoms with E-state index in [0.29, 0.717) is 6.54 Å². The molecular formula is C12H15FN3. The molecule has 3 rings (SSSR count). The second-order valence-corrected chi connectivity index (χ2v) is 4.24. The van der Waals surface area contributed by atoms with Gasteiger partial charge in [0.05, 0.1) is 6.54 Å². The van der Waals surface area contributed by atoms with E-state index in [-0.39, 0.29) is 0 Å². The molecule has 85 valence electrons. The molecule has 2 aliphatic heterocycles. The first-order valence-corrected chi connectivity index (χ1v) is 5.70. The van der Waals surface area contributed by atoms with Crippen LogP contribution in [-0.4, -0.2) is 36.2 Å². The van der Waals surface area contributed by atoms with E-state index in [4.69, 9.17) is 0 Å². The van der Waals surface area contributed by atoms with Crippen LogP contribution in [0.4, 0.5) is 4.48 Å². The van der Waals surface area contributed by atoms with Crippen LogP contribution < -0.4 is 5.32 Å². The molecule has 0 bridgehead atoms. The minimum Gasteiger partial charge on any atom is -0.314 e. The van der Waals surface area contributed by atoms with Gasteiger partial charge in [-0.15, -0.1) is 9.60 Å². The van der Waals surface area contributed by atoms with Crippen molar-refractivity contribution in [2.24, 2.45) is 0 Å². The zero-order chi connectivity index (χ0) is 11.0. The molecule has 1 fully saturated rings. The Labute approximate surface area is 94.8 Å². The highest BCUT2D eigenvalue weighted by atomic mass is 19.2. The fourth-order valence-corrected chi connectivity index (χ4v) is 2.43. The third-order valence-electron chi connectivity index (χ3n) is 3.21. The normalized spacial score (nSPS) is 23.6. The molecule has 0 amide bonds.